The molecule has 1 aromatic heterocycles. The molecule has 0 aliphatic carbocycles. The lowest BCUT2D eigenvalue weighted by Crippen LogP contribution is -2.13. The summed E-state index contributed by atoms with van der Waals surface area (Å²) in [4.78, 5) is 13.6. The maximum Gasteiger partial charge on any atom is 0.256 e. The second kappa shape index (κ2) is 8.21. The van der Waals surface area contributed by atoms with Crippen LogP contribution in [0.4, 0.5) is 5.69 Å². The molecule has 0 bridgehead atoms. The summed E-state index contributed by atoms with van der Waals surface area (Å²) in [5.74, 6) is 1.31. The molecule has 0 radical (unpaired) electrons. The van der Waals surface area contributed by atoms with Gasteiger partial charge < -0.3 is 14.9 Å². The molecule has 2 N–H and O–H groups in total. The maximum atomic E-state index is 12.7. The first-order valence-electron chi connectivity index (χ1n) is 8.23. The zero-order valence-electron chi connectivity index (χ0n) is 14.7. The molecule has 26 heavy (non-hydrogen) atoms. The largest absolute Gasteiger partial charge is 0.392 e. The number of aromatic nitrogens is 1. The fourth-order valence-corrected chi connectivity index (χ4v) is 3.79. The van der Waals surface area contributed by atoms with Crippen molar-refractivity contribution in [2.45, 2.75) is 31.1 Å². The second-order valence-electron chi connectivity index (χ2n) is 5.90. The zero-order chi connectivity index (χ0) is 18.5. The molecule has 0 aliphatic rings. The van der Waals surface area contributed by atoms with Crippen molar-refractivity contribution in [3.63, 3.8) is 0 Å². The molecule has 3 aromatic rings. The Hall–Kier alpha value is -2.57. The lowest BCUT2D eigenvalue weighted by Gasteiger charge is -2.10. The number of aliphatic hydroxyl groups is 1. The van der Waals surface area contributed by atoms with Crippen molar-refractivity contribution in [3.8, 4) is 0 Å². The number of benzene rings is 2. The number of rotatable bonds is 6. The Morgan fingerprint density at radius 2 is 2.00 bits per heavy atom. The van der Waals surface area contributed by atoms with Crippen molar-refractivity contribution < 1.29 is 14.4 Å². The third-order valence-corrected chi connectivity index (χ3v) is 5.15. The van der Waals surface area contributed by atoms with Crippen molar-refractivity contribution in [1.29, 1.82) is 0 Å². The molecule has 0 fully saturated rings. The van der Waals surface area contributed by atoms with E-state index in [4.69, 9.17) is 4.52 Å². The molecule has 0 unspecified atom stereocenters. The maximum absolute atomic E-state index is 12.7. The van der Waals surface area contributed by atoms with Gasteiger partial charge in [-0.25, -0.2) is 0 Å². The highest BCUT2D eigenvalue weighted by atomic mass is 32.2. The number of carbonyl (C=O) groups is 1. The van der Waals surface area contributed by atoms with E-state index in [2.05, 4.69) is 10.5 Å². The van der Waals surface area contributed by atoms with Crippen LogP contribution in [0.5, 0.6) is 0 Å². The van der Waals surface area contributed by atoms with Crippen molar-refractivity contribution in [3.05, 3.63) is 76.7 Å². The Kier molecular flexibility index (Phi) is 5.75. The Bertz CT molecular complexity index is 901. The van der Waals surface area contributed by atoms with E-state index in [1.54, 1.807) is 36.0 Å². The molecule has 3 rings (SSSR count). The lowest BCUT2D eigenvalue weighted by atomic mass is 10.2. The number of amides is 1. The topological polar surface area (TPSA) is 75.4 Å². The number of hydrogen-bond donors (Lipinski definition) is 2. The van der Waals surface area contributed by atoms with Gasteiger partial charge in [-0.3, -0.25) is 4.79 Å². The van der Waals surface area contributed by atoms with Gasteiger partial charge in [0.1, 0.15) is 5.76 Å². The summed E-state index contributed by atoms with van der Waals surface area (Å²) in [5.41, 5.74) is 3.95. The monoisotopic (exact) mass is 368 g/mol. The van der Waals surface area contributed by atoms with Crippen LogP contribution in [-0.4, -0.2) is 16.2 Å². The number of nitrogens with zero attached hydrogens (tertiary/aromatic N) is 1. The lowest BCUT2D eigenvalue weighted by molar-refractivity contribution is 0.102. The van der Waals surface area contributed by atoms with Crippen LogP contribution in [0.1, 0.15) is 32.9 Å². The summed E-state index contributed by atoms with van der Waals surface area (Å²) in [6, 6.07) is 14.7. The summed E-state index contributed by atoms with van der Waals surface area (Å²) in [6.07, 6.45) is 0. The number of aryl methyl sites for hydroxylation is 2. The first-order chi connectivity index (χ1) is 12.6. The van der Waals surface area contributed by atoms with Crippen LogP contribution < -0.4 is 5.32 Å². The zero-order valence-corrected chi connectivity index (χ0v) is 15.5. The van der Waals surface area contributed by atoms with E-state index in [0.717, 1.165) is 27.5 Å². The van der Waals surface area contributed by atoms with Crippen LogP contribution in [0.15, 0.2) is 57.9 Å². The van der Waals surface area contributed by atoms with Gasteiger partial charge >= 0.3 is 0 Å². The number of aliphatic hydroxyl groups excluding tert-OH is 1. The molecule has 0 spiro atoms. The fraction of sp³-hybridized carbons (Fsp3) is 0.200. The first kappa shape index (κ1) is 18.2. The average molecular weight is 368 g/mol. The molecule has 0 saturated carbocycles. The third-order valence-electron chi connectivity index (χ3n) is 4.05. The summed E-state index contributed by atoms with van der Waals surface area (Å²) in [5, 5.41) is 16.1. The van der Waals surface area contributed by atoms with E-state index in [1.165, 1.54) is 0 Å². The SMILES string of the molecule is Cc1noc(C)c1CSc1ccccc1C(=O)Nc1cccc(CO)c1. The van der Waals surface area contributed by atoms with Crippen LogP contribution in [-0.2, 0) is 12.4 Å². The highest BCUT2D eigenvalue weighted by Crippen LogP contribution is 2.29. The van der Waals surface area contributed by atoms with E-state index >= 15 is 0 Å². The minimum atomic E-state index is -0.179. The van der Waals surface area contributed by atoms with Gasteiger partial charge in [0.15, 0.2) is 0 Å². The highest BCUT2D eigenvalue weighted by Gasteiger charge is 2.14. The fourth-order valence-electron chi connectivity index (χ4n) is 2.58. The van der Waals surface area contributed by atoms with Crippen molar-refractivity contribution in [2.24, 2.45) is 0 Å². The van der Waals surface area contributed by atoms with Gasteiger partial charge in [-0.2, -0.15) is 0 Å². The highest BCUT2D eigenvalue weighted by molar-refractivity contribution is 7.98. The van der Waals surface area contributed by atoms with Crippen molar-refractivity contribution in [1.82, 2.24) is 5.16 Å². The van der Waals surface area contributed by atoms with Crippen LogP contribution in [0, 0.1) is 13.8 Å². The summed E-state index contributed by atoms with van der Waals surface area (Å²) in [6.45, 7) is 3.75. The molecular formula is C20H20N2O3S. The van der Waals surface area contributed by atoms with E-state index in [1.807, 2.05) is 38.1 Å². The van der Waals surface area contributed by atoms with Gasteiger partial charge in [-0.05, 0) is 43.7 Å². The normalized spacial score (nSPS) is 10.7. The predicted molar refractivity (Wildman–Crippen MR) is 102 cm³/mol. The first-order valence-corrected chi connectivity index (χ1v) is 9.21. The Morgan fingerprint density at radius 3 is 2.73 bits per heavy atom. The second-order valence-corrected chi connectivity index (χ2v) is 6.92. The summed E-state index contributed by atoms with van der Waals surface area (Å²) in [7, 11) is 0. The molecule has 1 amide bonds. The standard InChI is InChI=1S/C20H20N2O3S/c1-13-18(14(2)25-22-13)12-26-19-9-4-3-8-17(19)20(24)21-16-7-5-6-15(10-16)11-23/h3-10,23H,11-12H2,1-2H3,(H,21,24). The van der Waals surface area contributed by atoms with Crippen LogP contribution in [0.3, 0.4) is 0 Å². The van der Waals surface area contributed by atoms with E-state index < -0.39 is 0 Å². The van der Waals surface area contributed by atoms with E-state index in [9.17, 15) is 9.90 Å². The number of carbonyl (C=O) groups excluding carboxylic acids is 1. The number of nitrogens with one attached hydrogen (secondary N) is 1. The molecule has 6 heteroatoms. The van der Waals surface area contributed by atoms with Crippen LogP contribution in [0.2, 0.25) is 0 Å². The van der Waals surface area contributed by atoms with Crippen LogP contribution in [0.25, 0.3) is 0 Å². The molecule has 0 aliphatic heterocycles. The number of hydrogen-bond acceptors (Lipinski definition) is 5. The Balaban J connectivity index is 1.76. The molecule has 2 aromatic carbocycles. The third kappa shape index (κ3) is 4.15. The summed E-state index contributed by atoms with van der Waals surface area (Å²) < 4.78 is 5.20. The van der Waals surface area contributed by atoms with Crippen molar-refractivity contribution >= 4 is 23.4 Å². The Morgan fingerprint density at radius 1 is 1.19 bits per heavy atom. The predicted octanol–water partition coefficient (Wildman–Crippen LogP) is 4.33. The van der Waals surface area contributed by atoms with Gasteiger partial charge in [0.2, 0.25) is 0 Å². The van der Waals surface area contributed by atoms with E-state index in [-0.39, 0.29) is 12.5 Å². The number of thioether (sulfide) groups is 1. The molecule has 1 heterocycles. The van der Waals surface area contributed by atoms with Gasteiger partial charge in [0.05, 0.1) is 17.9 Å². The minimum Gasteiger partial charge on any atom is -0.392 e. The Labute approximate surface area is 156 Å². The molecule has 5 nitrogen and oxygen atoms in total. The van der Waals surface area contributed by atoms with Gasteiger partial charge in [0.25, 0.3) is 5.91 Å². The van der Waals surface area contributed by atoms with Crippen LogP contribution >= 0.6 is 11.8 Å². The molecular weight excluding hydrogens is 348 g/mol. The van der Waals surface area contributed by atoms with Crippen molar-refractivity contribution in [2.75, 3.05) is 5.32 Å². The van der Waals surface area contributed by atoms with E-state index in [0.29, 0.717) is 17.0 Å². The average Bonchev–Trinajstić information content (AvgIpc) is 2.98. The quantitative estimate of drug-likeness (QED) is 0.634. The minimum absolute atomic E-state index is 0.0619. The molecule has 134 valence electrons. The van der Waals surface area contributed by atoms with Gasteiger partial charge in [-0.15, -0.1) is 11.8 Å². The number of anilines is 1. The molecule has 0 atom stereocenters. The summed E-state index contributed by atoms with van der Waals surface area (Å²) >= 11 is 1.58. The van der Waals surface area contributed by atoms with Gasteiger partial charge in [-0.1, -0.05) is 29.4 Å². The smallest absolute Gasteiger partial charge is 0.256 e. The van der Waals surface area contributed by atoms with Gasteiger partial charge in [0, 0.05) is 21.9 Å². The molecule has 0 saturated heterocycles.